The summed E-state index contributed by atoms with van der Waals surface area (Å²) in [5.41, 5.74) is 5.78. The second-order valence-electron chi connectivity index (χ2n) is 4.90. The fourth-order valence-electron chi connectivity index (χ4n) is 1.50. The zero-order chi connectivity index (χ0) is 10.8. The summed E-state index contributed by atoms with van der Waals surface area (Å²) in [5.74, 6) is 0.568. The highest BCUT2D eigenvalue weighted by Gasteiger charge is 2.24. The van der Waals surface area contributed by atoms with Crippen LogP contribution in [0.4, 0.5) is 0 Å². The van der Waals surface area contributed by atoms with Gasteiger partial charge in [-0.25, -0.2) is 4.99 Å². The molecule has 0 radical (unpaired) electrons. The molecule has 1 aliphatic heterocycles. The Morgan fingerprint density at radius 2 is 2.07 bits per heavy atom. The van der Waals surface area contributed by atoms with Crippen molar-refractivity contribution in [2.75, 3.05) is 19.6 Å². The summed E-state index contributed by atoms with van der Waals surface area (Å²) in [6.07, 6.45) is 0. The largest absolute Gasteiger partial charge is 0.370 e. The van der Waals surface area contributed by atoms with Gasteiger partial charge >= 0.3 is 0 Å². The summed E-state index contributed by atoms with van der Waals surface area (Å²) < 4.78 is 0. The fourth-order valence-corrected chi connectivity index (χ4v) is 1.50. The molecule has 0 saturated carbocycles. The van der Waals surface area contributed by atoms with Crippen molar-refractivity contribution in [3.63, 3.8) is 0 Å². The van der Waals surface area contributed by atoms with Gasteiger partial charge in [0, 0.05) is 18.6 Å². The smallest absolute Gasteiger partial charge is 0.189 e. The molecule has 4 heteroatoms. The second kappa shape index (κ2) is 4.17. The first-order chi connectivity index (χ1) is 6.40. The molecule has 1 rings (SSSR count). The van der Waals surface area contributed by atoms with Crippen LogP contribution >= 0.6 is 0 Å². The number of likely N-dealkylation sites (tertiary alicyclic amines) is 1. The average Bonchev–Trinajstić information content (AvgIpc) is 1.91. The number of guanidine groups is 1. The van der Waals surface area contributed by atoms with Gasteiger partial charge < -0.3 is 11.1 Å². The van der Waals surface area contributed by atoms with Crippen LogP contribution in [0.2, 0.25) is 0 Å². The molecule has 1 fully saturated rings. The van der Waals surface area contributed by atoms with Crippen LogP contribution in [-0.4, -0.2) is 42.1 Å². The number of aliphatic imine (C=N–C) groups is 1. The van der Waals surface area contributed by atoms with Gasteiger partial charge in [-0.15, -0.1) is 0 Å². The van der Waals surface area contributed by atoms with Crippen molar-refractivity contribution in [1.29, 1.82) is 0 Å². The van der Waals surface area contributed by atoms with Crippen molar-refractivity contribution in [3.8, 4) is 0 Å². The molecule has 14 heavy (non-hydrogen) atoms. The highest BCUT2D eigenvalue weighted by atomic mass is 15.3. The van der Waals surface area contributed by atoms with E-state index in [-0.39, 0.29) is 5.54 Å². The fraction of sp³-hybridized carbons (Fsp3) is 0.900. The SMILES string of the molecule is CCN1CC(N=C(N)NC(C)(C)C)C1. The molecule has 0 bridgehead atoms. The van der Waals surface area contributed by atoms with Crippen molar-refractivity contribution in [2.45, 2.75) is 39.3 Å². The molecule has 0 aromatic carbocycles. The molecule has 0 aromatic heterocycles. The highest BCUT2D eigenvalue weighted by molar-refractivity contribution is 5.78. The van der Waals surface area contributed by atoms with Gasteiger partial charge in [-0.05, 0) is 27.3 Å². The number of hydrogen-bond donors (Lipinski definition) is 2. The van der Waals surface area contributed by atoms with Gasteiger partial charge in [-0.1, -0.05) is 6.92 Å². The van der Waals surface area contributed by atoms with Gasteiger partial charge in [-0.3, -0.25) is 4.90 Å². The quantitative estimate of drug-likeness (QED) is 0.498. The Balaban J connectivity index is 2.31. The van der Waals surface area contributed by atoms with Crippen LogP contribution in [0.5, 0.6) is 0 Å². The summed E-state index contributed by atoms with van der Waals surface area (Å²) in [5, 5.41) is 3.16. The molecule has 0 aliphatic carbocycles. The molecule has 1 heterocycles. The first kappa shape index (κ1) is 11.3. The van der Waals surface area contributed by atoms with E-state index in [0.717, 1.165) is 19.6 Å². The van der Waals surface area contributed by atoms with Gasteiger partial charge in [0.15, 0.2) is 5.96 Å². The Morgan fingerprint density at radius 1 is 1.50 bits per heavy atom. The maximum atomic E-state index is 5.78. The van der Waals surface area contributed by atoms with Crippen LogP contribution < -0.4 is 11.1 Å². The van der Waals surface area contributed by atoms with Crippen LogP contribution in [0, 0.1) is 0 Å². The Hall–Kier alpha value is -0.770. The molecule has 3 N–H and O–H groups in total. The maximum Gasteiger partial charge on any atom is 0.189 e. The van der Waals surface area contributed by atoms with E-state index >= 15 is 0 Å². The molecule has 0 unspecified atom stereocenters. The highest BCUT2D eigenvalue weighted by Crippen LogP contribution is 2.10. The van der Waals surface area contributed by atoms with Crippen LogP contribution in [-0.2, 0) is 0 Å². The van der Waals surface area contributed by atoms with Crippen LogP contribution in [0.15, 0.2) is 4.99 Å². The van der Waals surface area contributed by atoms with Crippen LogP contribution in [0.25, 0.3) is 0 Å². The van der Waals surface area contributed by atoms with E-state index in [4.69, 9.17) is 5.73 Å². The van der Waals surface area contributed by atoms with Crippen LogP contribution in [0.3, 0.4) is 0 Å². The number of rotatable bonds is 2. The van der Waals surface area contributed by atoms with E-state index < -0.39 is 0 Å². The molecule has 0 amide bonds. The van der Waals surface area contributed by atoms with Crippen molar-refractivity contribution < 1.29 is 0 Å². The first-order valence-corrected chi connectivity index (χ1v) is 5.24. The van der Waals surface area contributed by atoms with Gasteiger partial charge in [0.05, 0.1) is 6.04 Å². The zero-order valence-electron chi connectivity index (χ0n) is 9.67. The maximum absolute atomic E-state index is 5.78. The third-order valence-electron chi connectivity index (χ3n) is 2.21. The number of nitrogens with one attached hydrogen (secondary N) is 1. The third kappa shape index (κ3) is 3.54. The lowest BCUT2D eigenvalue weighted by Crippen LogP contribution is -2.52. The lowest BCUT2D eigenvalue weighted by Gasteiger charge is -2.36. The number of nitrogens with zero attached hydrogens (tertiary/aromatic N) is 2. The van der Waals surface area contributed by atoms with E-state index in [0.29, 0.717) is 12.0 Å². The van der Waals surface area contributed by atoms with Gasteiger partial charge in [0.1, 0.15) is 0 Å². The molecule has 4 nitrogen and oxygen atoms in total. The first-order valence-electron chi connectivity index (χ1n) is 5.24. The molecular weight excluding hydrogens is 176 g/mol. The number of likely N-dealkylation sites (N-methyl/N-ethyl adjacent to an activating group) is 1. The predicted octanol–water partition coefficient (Wildman–Crippen LogP) is 0.393. The molecule has 82 valence electrons. The molecule has 0 atom stereocenters. The normalized spacial score (nSPS) is 20.7. The average molecular weight is 198 g/mol. The minimum absolute atomic E-state index is 0.00176. The summed E-state index contributed by atoms with van der Waals surface area (Å²) in [4.78, 5) is 6.75. The molecule has 1 aliphatic rings. The van der Waals surface area contributed by atoms with E-state index in [9.17, 15) is 0 Å². The minimum atomic E-state index is 0.00176. The summed E-state index contributed by atoms with van der Waals surface area (Å²) in [7, 11) is 0. The van der Waals surface area contributed by atoms with Crippen molar-refractivity contribution in [3.05, 3.63) is 0 Å². The number of nitrogens with two attached hydrogens (primary N) is 1. The summed E-state index contributed by atoms with van der Waals surface area (Å²) >= 11 is 0. The summed E-state index contributed by atoms with van der Waals surface area (Å²) in [6, 6.07) is 0.393. The van der Waals surface area contributed by atoms with Crippen molar-refractivity contribution in [2.24, 2.45) is 10.7 Å². The van der Waals surface area contributed by atoms with E-state index in [2.05, 4.69) is 42.9 Å². The Bertz CT molecular complexity index is 211. The Morgan fingerprint density at radius 3 is 2.50 bits per heavy atom. The third-order valence-corrected chi connectivity index (χ3v) is 2.21. The summed E-state index contributed by atoms with van der Waals surface area (Å²) in [6.45, 7) is 11.6. The monoisotopic (exact) mass is 198 g/mol. The molecular formula is C10H22N4. The topological polar surface area (TPSA) is 53.6 Å². The Labute approximate surface area is 86.6 Å². The lowest BCUT2D eigenvalue weighted by molar-refractivity contribution is 0.161. The zero-order valence-corrected chi connectivity index (χ0v) is 9.67. The second-order valence-corrected chi connectivity index (χ2v) is 4.90. The van der Waals surface area contributed by atoms with Gasteiger partial charge in [0.25, 0.3) is 0 Å². The molecule has 0 spiro atoms. The standard InChI is InChI=1S/C10H22N4/c1-5-14-6-8(7-14)12-9(11)13-10(2,3)4/h8H,5-7H2,1-4H3,(H3,11,12,13). The Kier molecular flexibility index (Phi) is 3.37. The van der Waals surface area contributed by atoms with Gasteiger partial charge in [-0.2, -0.15) is 0 Å². The molecule has 1 saturated heterocycles. The van der Waals surface area contributed by atoms with Gasteiger partial charge in [0.2, 0.25) is 0 Å². The lowest BCUT2D eigenvalue weighted by atomic mass is 10.1. The minimum Gasteiger partial charge on any atom is -0.370 e. The number of hydrogen-bond acceptors (Lipinski definition) is 2. The van der Waals surface area contributed by atoms with Crippen LogP contribution in [0.1, 0.15) is 27.7 Å². The molecule has 0 aromatic rings. The predicted molar refractivity (Wildman–Crippen MR) is 60.4 cm³/mol. The van der Waals surface area contributed by atoms with Crippen molar-refractivity contribution in [1.82, 2.24) is 10.2 Å². The van der Waals surface area contributed by atoms with E-state index in [1.165, 1.54) is 0 Å². The van der Waals surface area contributed by atoms with E-state index in [1.807, 2.05) is 0 Å². The van der Waals surface area contributed by atoms with E-state index in [1.54, 1.807) is 0 Å². The van der Waals surface area contributed by atoms with Crippen molar-refractivity contribution >= 4 is 5.96 Å².